The molecule has 0 aliphatic heterocycles. The highest BCUT2D eigenvalue weighted by atomic mass is 35.5. The molecular weight excluding hydrogens is 281 g/mol. The second-order valence-electron chi connectivity index (χ2n) is 4.01. The zero-order chi connectivity index (χ0) is 13.2. The Morgan fingerprint density at radius 3 is 2.21 bits per heavy atom. The van der Waals surface area contributed by atoms with Crippen molar-refractivity contribution in [3.05, 3.63) is 58.6 Å². The first-order chi connectivity index (χ1) is 9.25. The van der Waals surface area contributed by atoms with Gasteiger partial charge in [0.1, 0.15) is 11.4 Å². The van der Waals surface area contributed by atoms with Crippen LogP contribution in [0.15, 0.2) is 48.5 Å². The molecule has 0 aliphatic carbocycles. The molecule has 0 fully saturated rings. The van der Waals surface area contributed by atoms with E-state index in [9.17, 15) is 0 Å². The van der Waals surface area contributed by atoms with E-state index < -0.39 is 0 Å². The van der Waals surface area contributed by atoms with E-state index in [1.807, 2.05) is 48.5 Å². The average Bonchev–Trinajstić information content (AvgIpc) is 2.89. The van der Waals surface area contributed by atoms with Crippen LogP contribution in [0.5, 0.6) is 0 Å². The van der Waals surface area contributed by atoms with Gasteiger partial charge in [0, 0.05) is 16.1 Å². The molecule has 5 heteroatoms. The summed E-state index contributed by atoms with van der Waals surface area (Å²) in [4.78, 5) is 0. The first kappa shape index (κ1) is 12.2. The number of aromatic nitrogens is 3. The molecule has 0 radical (unpaired) electrons. The Morgan fingerprint density at radius 1 is 0.789 bits per heavy atom. The van der Waals surface area contributed by atoms with Gasteiger partial charge in [0.25, 0.3) is 0 Å². The van der Waals surface area contributed by atoms with Gasteiger partial charge >= 0.3 is 0 Å². The number of rotatable bonds is 2. The smallest absolute Gasteiger partial charge is 0.122 e. The van der Waals surface area contributed by atoms with Gasteiger partial charge in [0.15, 0.2) is 0 Å². The van der Waals surface area contributed by atoms with Gasteiger partial charge in [-0.25, -0.2) is 0 Å². The summed E-state index contributed by atoms with van der Waals surface area (Å²) in [6.07, 6.45) is 0. The topological polar surface area (TPSA) is 41.6 Å². The molecule has 94 valence electrons. The Balaban J connectivity index is 2.13. The lowest BCUT2D eigenvalue weighted by Crippen LogP contribution is -1.84. The van der Waals surface area contributed by atoms with Crippen LogP contribution in [0, 0.1) is 0 Å². The van der Waals surface area contributed by atoms with Crippen LogP contribution in [0.4, 0.5) is 0 Å². The zero-order valence-electron chi connectivity index (χ0n) is 9.77. The summed E-state index contributed by atoms with van der Waals surface area (Å²) in [5.74, 6) is 0. The molecular formula is C14H9Cl2N3. The maximum Gasteiger partial charge on any atom is 0.122 e. The van der Waals surface area contributed by atoms with Crippen molar-refractivity contribution in [1.29, 1.82) is 0 Å². The first-order valence-electron chi connectivity index (χ1n) is 5.67. The van der Waals surface area contributed by atoms with Crippen LogP contribution >= 0.6 is 23.2 Å². The van der Waals surface area contributed by atoms with Crippen LogP contribution in [0.3, 0.4) is 0 Å². The van der Waals surface area contributed by atoms with E-state index in [0.29, 0.717) is 10.0 Å². The molecule has 19 heavy (non-hydrogen) atoms. The van der Waals surface area contributed by atoms with Crippen molar-refractivity contribution in [2.45, 2.75) is 0 Å². The van der Waals surface area contributed by atoms with Gasteiger partial charge in [-0.05, 0) is 18.2 Å². The predicted molar refractivity (Wildman–Crippen MR) is 77.3 cm³/mol. The molecule has 0 saturated carbocycles. The minimum atomic E-state index is 0.645. The van der Waals surface area contributed by atoms with Gasteiger partial charge in [0.2, 0.25) is 0 Å². The standard InChI is InChI=1S/C14H9Cl2N3/c15-10-7-5-9(6-8-10)13-14(18-19-17-13)11-3-1-2-4-12(11)16/h1-8H,(H,17,18,19). The monoisotopic (exact) mass is 289 g/mol. The van der Waals surface area contributed by atoms with Gasteiger partial charge in [-0.15, -0.1) is 0 Å². The number of benzene rings is 2. The molecule has 3 nitrogen and oxygen atoms in total. The van der Waals surface area contributed by atoms with Gasteiger partial charge < -0.3 is 0 Å². The maximum absolute atomic E-state index is 6.20. The number of halogens is 2. The first-order valence-corrected chi connectivity index (χ1v) is 6.43. The van der Waals surface area contributed by atoms with Crippen molar-refractivity contribution in [3.63, 3.8) is 0 Å². The van der Waals surface area contributed by atoms with Crippen molar-refractivity contribution in [3.8, 4) is 22.5 Å². The van der Waals surface area contributed by atoms with Crippen LogP contribution in [-0.2, 0) is 0 Å². The fourth-order valence-corrected chi connectivity index (χ4v) is 2.23. The SMILES string of the molecule is Clc1ccc(-c2n[nH]nc2-c2ccccc2Cl)cc1. The Labute approximate surface area is 120 Å². The minimum absolute atomic E-state index is 0.645. The van der Waals surface area contributed by atoms with Gasteiger partial charge in [0.05, 0.1) is 5.02 Å². The molecule has 2 aromatic carbocycles. The predicted octanol–water partition coefficient (Wildman–Crippen LogP) is 4.45. The molecule has 1 aromatic heterocycles. The Morgan fingerprint density at radius 2 is 1.47 bits per heavy atom. The summed E-state index contributed by atoms with van der Waals surface area (Å²) >= 11 is 12.1. The normalized spacial score (nSPS) is 10.6. The van der Waals surface area contributed by atoms with E-state index in [-0.39, 0.29) is 0 Å². The largest absolute Gasteiger partial charge is 0.197 e. The van der Waals surface area contributed by atoms with E-state index in [1.165, 1.54) is 0 Å². The van der Waals surface area contributed by atoms with E-state index in [0.717, 1.165) is 22.5 Å². The van der Waals surface area contributed by atoms with Gasteiger partial charge in [-0.2, -0.15) is 15.4 Å². The fourth-order valence-electron chi connectivity index (χ4n) is 1.88. The zero-order valence-corrected chi connectivity index (χ0v) is 11.3. The quantitative estimate of drug-likeness (QED) is 0.757. The highest BCUT2D eigenvalue weighted by molar-refractivity contribution is 6.33. The van der Waals surface area contributed by atoms with E-state index >= 15 is 0 Å². The van der Waals surface area contributed by atoms with Crippen LogP contribution in [-0.4, -0.2) is 15.4 Å². The third-order valence-electron chi connectivity index (χ3n) is 2.79. The van der Waals surface area contributed by atoms with Crippen LogP contribution in [0.2, 0.25) is 10.0 Å². The van der Waals surface area contributed by atoms with E-state index in [2.05, 4.69) is 15.4 Å². The Kier molecular flexibility index (Phi) is 3.23. The van der Waals surface area contributed by atoms with Crippen molar-refractivity contribution in [1.82, 2.24) is 15.4 Å². The molecule has 0 amide bonds. The molecule has 0 saturated heterocycles. The molecule has 0 atom stereocenters. The summed E-state index contributed by atoms with van der Waals surface area (Å²) in [7, 11) is 0. The molecule has 1 heterocycles. The van der Waals surface area contributed by atoms with Crippen LogP contribution in [0.25, 0.3) is 22.5 Å². The lowest BCUT2D eigenvalue weighted by Gasteiger charge is -2.03. The van der Waals surface area contributed by atoms with E-state index in [1.54, 1.807) is 0 Å². The highest BCUT2D eigenvalue weighted by Gasteiger charge is 2.14. The lowest BCUT2D eigenvalue weighted by atomic mass is 10.1. The minimum Gasteiger partial charge on any atom is -0.197 e. The number of hydrogen-bond acceptors (Lipinski definition) is 2. The van der Waals surface area contributed by atoms with Gasteiger partial charge in [-0.3, -0.25) is 0 Å². The summed E-state index contributed by atoms with van der Waals surface area (Å²) in [6.45, 7) is 0. The van der Waals surface area contributed by atoms with E-state index in [4.69, 9.17) is 23.2 Å². The number of nitrogens with one attached hydrogen (secondary N) is 1. The summed E-state index contributed by atoms with van der Waals surface area (Å²) in [5.41, 5.74) is 3.27. The molecule has 1 N–H and O–H groups in total. The summed E-state index contributed by atoms with van der Waals surface area (Å²) < 4.78 is 0. The summed E-state index contributed by atoms with van der Waals surface area (Å²) in [6, 6.07) is 15.0. The molecule has 3 rings (SSSR count). The Bertz CT molecular complexity index is 705. The molecule has 0 bridgehead atoms. The fraction of sp³-hybridized carbons (Fsp3) is 0. The maximum atomic E-state index is 6.20. The summed E-state index contributed by atoms with van der Waals surface area (Å²) in [5, 5.41) is 12.4. The third-order valence-corrected chi connectivity index (χ3v) is 3.38. The number of nitrogens with zero attached hydrogens (tertiary/aromatic N) is 2. The molecule has 0 aliphatic rings. The number of hydrogen-bond donors (Lipinski definition) is 1. The number of aromatic amines is 1. The van der Waals surface area contributed by atoms with Crippen LogP contribution < -0.4 is 0 Å². The molecule has 3 aromatic rings. The molecule has 0 unspecified atom stereocenters. The second-order valence-corrected chi connectivity index (χ2v) is 4.85. The highest BCUT2D eigenvalue weighted by Crippen LogP contribution is 2.32. The van der Waals surface area contributed by atoms with Gasteiger partial charge in [-0.1, -0.05) is 53.5 Å². The average molecular weight is 290 g/mol. The molecule has 0 spiro atoms. The number of H-pyrrole nitrogens is 1. The second kappa shape index (κ2) is 5.03. The van der Waals surface area contributed by atoms with Crippen LogP contribution in [0.1, 0.15) is 0 Å². The van der Waals surface area contributed by atoms with Crippen molar-refractivity contribution >= 4 is 23.2 Å². The Hall–Kier alpha value is -1.84. The van der Waals surface area contributed by atoms with Crippen molar-refractivity contribution in [2.24, 2.45) is 0 Å². The van der Waals surface area contributed by atoms with Crippen molar-refractivity contribution in [2.75, 3.05) is 0 Å². The van der Waals surface area contributed by atoms with Crippen molar-refractivity contribution < 1.29 is 0 Å². The lowest BCUT2D eigenvalue weighted by molar-refractivity contribution is 0.944. The third kappa shape index (κ3) is 2.35.